The van der Waals surface area contributed by atoms with Crippen LogP contribution in [0, 0.1) is 0 Å². The van der Waals surface area contributed by atoms with E-state index in [1.807, 2.05) is 0 Å². The molecule has 1 fully saturated rings. The van der Waals surface area contributed by atoms with E-state index in [1.165, 1.54) is 12.1 Å². The monoisotopic (exact) mass is 389 g/mol. The van der Waals surface area contributed by atoms with Gasteiger partial charge in [-0.2, -0.15) is 0 Å². The third-order valence-corrected chi connectivity index (χ3v) is 5.44. The molecule has 1 atom stereocenters. The van der Waals surface area contributed by atoms with Gasteiger partial charge >= 0.3 is 0 Å². The summed E-state index contributed by atoms with van der Waals surface area (Å²) in [6.45, 7) is 1.85. The van der Waals surface area contributed by atoms with Crippen LogP contribution in [0.25, 0.3) is 0 Å². The Hall–Kier alpha value is -0.960. The predicted molar refractivity (Wildman–Crippen MR) is 88.0 cm³/mol. The smallest absolute Gasteiger partial charge is 0.240 e. The number of rotatable bonds is 6. The van der Waals surface area contributed by atoms with Gasteiger partial charge in [-0.05, 0) is 43.7 Å². The zero-order valence-corrected chi connectivity index (χ0v) is 14.5. The summed E-state index contributed by atoms with van der Waals surface area (Å²) < 4.78 is 27.3. The number of piperidine rings is 1. The molecule has 22 heavy (non-hydrogen) atoms. The van der Waals surface area contributed by atoms with Gasteiger partial charge in [-0.1, -0.05) is 15.9 Å². The van der Waals surface area contributed by atoms with Crippen molar-refractivity contribution in [2.45, 2.75) is 30.2 Å². The van der Waals surface area contributed by atoms with Crippen LogP contribution in [-0.4, -0.2) is 40.0 Å². The van der Waals surface area contributed by atoms with E-state index >= 15 is 0 Å². The molecule has 6 nitrogen and oxygen atoms in total. The number of sulfonamides is 1. The molecule has 122 valence electrons. The topological polar surface area (TPSA) is 87.3 Å². The van der Waals surface area contributed by atoms with Gasteiger partial charge in [0.05, 0.1) is 4.90 Å². The second kappa shape index (κ2) is 8.05. The molecule has 3 N–H and O–H groups in total. The van der Waals surface area contributed by atoms with Crippen molar-refractivity contribution in [3.8, 4) is 0 Å². The van der Waals surface area contributed by atoms with Crippen molar-refractivity contribution < 1.29 is 13.2 Å². The minimum Gasteiger partial charge on any atom is -0.352 e. The van der Waals surface area contributed by atoms with Gasteiger partial charge in [0, 0.05) is 30.0 Å². The molecule has 1 amide bonds. The van der Waals surface area contributed by atoms with Crippen LogP contribution in [0.15, 0.2) is 33.6 Å². The molecule has 0 aliphatic carbocycles. The first-order valence-corrected chi connectivity index (χ1v) is 9.50. The third-order valence-electron chi connectivity index (χ3n) is 3.43. The molecule has 1 saturated heterocycles. The van der Waals surface area contributed by atoms with Gasteiger partial charge in [0.25, 0.3) is 0 Å². The summed E-state index contributed by atoms with van der Waals surface area (Å²) in [5.74, 6) is -0.132. The Kier molecular flexibility index (Phi) is 6.37. The lowest BCUT2D eigenvalue weighted by molar-refractivity contribution is -0.121. The van der Waals surface area contributed by atoms with Crippen LogP contribution < -0.4 is 15.4 Å². The van der Waals surface area contributed by atoms with Crippen molar-refractivity contribution in [2.24, 2.45) is 0 Å². The number of carbonyl (C=O) groups excluding carboxylic acids is 1. The second-order valence-corrected chi connectivity index (χ2v) is 7.90. The van der Waals surface area contributed by atoms with Crippen molar-refractivity contribution in [2.75, 3.05) is 19.6 Å². The van der Waals surface area contributed by atoms with Gasteiger partial charge in [-0.3, -0.25) is 4.79 Å². The van der Waals surface area contributed by atoms with Crippen molar-refractivity contribution in [3.63, 3.8) is 0 Å². The number of amides is 1. The maximum absolute atomic E-state index is 12.0. The number of halogens is 1. The summed E-state index contributed by atoms with van der Waals surface area (Å²) in [4.78, 5) is 12.0. The molecule has 0 saturated carbocycles. The van der Waals surface area contributed by atoms with Crippen LogP contribution in [-0.2, 0) is 14.8 Å². The molecule has 0 bridgehead atoms. The van der Waals surface area contributed by atoms with E-state index in [-0.39, 0.29) is 29.8 Å². The number of hydrogen-bond acceptors (Lipinski definition) is 4. The fourth-order valence-electron chi connectivity index (χ4n) is 2.27. The molecule has 1 aromatic carbocycles. The maximum atomic E-state index is 12.0. The molecule has 2 rings (SSSR count). The second-order valence-electron chi connectivity index (χ2n) is 5.21. The largest absolute Gasteiger partial charge is 0.352 e. The van der Waals surface area contributed by atoms with E-state index in [2.05, 4.69) is 31.3 Å². The summed E-state index contributed by atoms with van der Waals surface area (Å²) in [6.07, 6.45) is 2.14. The number of benzene rings is 1. The van der Waals surface area contributed by atoms with Gasteiger partial charge in [0.1, 0.15) is 0 Å². The van der Waals surface area contributed by atoms with Crippen LogP contribution >= 0.6 is 15.9 Å². The highest BCUT2D eigenvalue weighted by molar-refractivity contribution is 9.10. The Labute approximate surface area is 139 Å². The maximum Gasteiger partial charge on any atom is 0.240 e. The summed E-state index contributed by atoms with van der Waals surface area (Å²) >= 11 is 3.26. The Balaban J connectivity index is 1.77. The van der Waals surface area contributed by atoms with E-state index in [9.17, 15) is 13.2 Å². The van der Waals surface area contributed by atoms with Gasteiger partial charge < -0.3 is 10.6 Å². The molecule has 1 aliphatic heterocycles. The Bertz CT molecular complexity index is 598. The molecular formula is C14H20BrN3O3S. The van der Waals surface area contributed by atoms with Crippen molar-refractivity contribution in [1.29, 1.82) is 0 Å². The van der Waals surface area contributed by atoms with E-state index < -0.39 is 10.0 Å². The summed E-state index contributed by atoms with van der Waals surface area (Å²) in [7, 11) is -3.57. The minimum absolute atomic E-state index is 0.0877. The molecule has 0 spiro atoms. The van der Waals surface area contributed by atoms with Crippen LogP contribution in [0.4, 0.5) is 0 Å². The lowest BCUT2D eigenvalue weighted by Crippen LogP contribution is -2.46. The zero-order valence-electron chi connectivity index (χ0n) is 12.1. The quantitative estimate of drug-likeness (QED) is 0.676. The van der Waals surface area contributed by atoms with Gasteiger partial charge in [-0.15, -0.1) is 0 Å². The van der Waals surface area contributed by atoms with Crippen LogP contribution in [0.2, 0.25) is 0 Å². The van der Waals surface area contributed by atoms with Crippen molar-refractivity contribution in [1.82, 2.24) is 15.4 Å². The average Bonchev–Trinajstić information content (AvgIpc) is 2.48. The standard InChI is InChI=1S/C14H20BrN3O3S/c15-11-3-5-13(6-4-11)22(20,21)17-9-7-14(19)18-12-2-1-8-16-10-12/h3-6,12,16-17H,1-2,7-10H2,(H,18,19). The first-order chi connectivity index (χ1) is 10.5. The Morgan fingerprint density at radius 3 is 2.68 bits per heavy atom. The zero-order chi connectivity index (χ0) is 16.0. The van der Waals surface area contributed by atoms with E-state index in [0.717, 1.165) is 30.4 Å². The molecule has 1 aliphatic rings. The van der Waals surface area contributed by atoms with Gasteiger partial charge in [0.2, 0.25) is 15.9 Å². The molecule has 1 unspecified atom stereocenters. The summed E-state index contributed by atoms with van der Waals surface area (Å²) in [6, 6.07) is 6.50. The average molecular weight is 390 g/mol. The third kappa shape index (κ3) is 5.35. The fourth-order valence-corrected chi connectivity index (χ4v) is 3.57. The molecule has 1 heterocycles. The first kappa shape index (κ1) is 17.4. The van der Waals surface area contributed by atoms with E-state index in [4.69, 9.17) is 0 Å². The van der Waals surface area contributed by atoms with Gasteiger partial charge in [0.15, 0.2) is 0 Å². The molecule has 0 radical (unpaired) electrons. The lowest BCUT2D eigenvalue weighted by Gasteiger charge is -2.23. The van der Waals surface area contributed by atoms with E-state index in [1.54, 1.807) is 12.1 Å². The number of nitrogens with one attached hydrogen (secondary N) is 3. The van der Waals surface area contributed by atoms with Crippen LogP contribution in [0.3, 0.4) is 0 Å². The molecule has 8 heteroatoms. The minimum atomic E-state index is -3.57. The van der Waals surface area contributed by atoms with Crippen LogP contribution in [0.1, 0.15) is 19.3 Å². The van der Waals surface area contributed by atoms with E-state index in [0.29, 0.717) is 0 Å². The summed E-state index contributed by atoms with van der Waals surface area (Å²) in [5, 5.41) is 6.13. The van der Waals surface area contributed by atoms with Crippen molar-refractivity contribution >= 4 is 31.9 Å². The normalized spacial score (nSPS) is 18.9. The highest BCUT2D eigenvalue weighted by Crippen LogP contribution is 2.14. The summed E-state index contributed by atoms with van der Waals surface area (Å²) in [5.41, 5.74) is 0. The SMILES string of the molecule is O=C(CCNS(=O)(=O)c1ccc(Br)cc1)NC1CCCNC1. The molecule has 1 aromatic rings. The highest BCUT2D eigenvalue weighted by Gasteiger charge is 2.17. The fraction of sp³-hybridized carbons (Fsp3) is 0.500. The highest BCUT2D eigenvalue weighted by atomic mass is 79.9. The van der Waals surface area contributed by atoms with Crippen molar-refractivity contribution in [3.05, 3.63) is 28.7 Å². The predicted octanol–water partition coefficient (Wildman–Crippen LogP) is 0.986. The molecular weight excluding hydrogens is 370 g/mol. The number of carbonyl (C=O) groups is 1. The Morgan fingerprint density at radius 1 is 1.32 bits per heavy atom. The van der Waals surface area contributed by atoms with Crippen LogP contribution in [0.5, 0.6) is 0 Å². The lowest BCUT2D eigenvalue weighted by atomic mass is 10.1. The Morgan fingerprint density at radius 2 is 2.05 bits per heavy atom. The first-order valence-electron chi connectivity index (χ1n) is 7.23. The molecule has 0 aromatic heterocycles. The number of hydrogen-bond donors (Lipinski definition) is 3. The van der Waals surface area contributed by atoms with Gasteiger partial charge in [-0.25, -0.2) is 13.1 Å².